The molecule has 1 aromatic heterocycles. The molecule has 2 aliphatic rings. The van der Waals surface area contributed by atoms with Gasteiger partial charge < -0.3 is 25.5 Å². The summed E-state index contributed by atoms with van der Waals surface area (Å²) < 4.78 is 13.2. The first-order valence-electron chi connectivity index (χ1n) is 14.4. The summed E-state index contributed by atoms with van der Waals surface area (Å²) in [6.07, 6.45) is -0.512. The molecule has 3 heterocycles. The van der Waals surface area contributed by atoms with Gasteiger partial charge in [0.25, 0.3) is 0 Å². The van der Waals surface area contributed by atoms with Crippen molar-refractivity contribution in [2.45, 2.75) is 12.1 Å². The standard InChI is InChI=1S/C38H25N3O2.U/c39-35-30-14-5-8-19-33(30)43-38-34(29-13-3-6-17-31(29)41(38)37(35)40)26-21-20-24(22-10-1-2-11-23(22)26)27-15-9-16-28-25-12-4-7-18-32(25)42-36(27)28;/h1-21,34,38-40H;/q-2;+2. The van der Waals surface area contributed by atoms with Crippen molar-refractivity contribution < 1.29 is 40.3 Å². The zero-order chi connectivity index (χ0) is 28.7. The quantitative estimate of drug-likeness (QED) is 0.175. The fourth-order valence-corrected chi connectivity index (χ4v) is 7.04. The van der Waals surface area contributed by atoms with Gasteiger partial charge in [-0.05, 0) is 45.3 Å². The van der Waals surface area contributed by atoms with Gasteiger partial charge in [-0.15, -0.1) is 5.70 Å². The van der Waals surface area contributed by atoms with Crippen molar-refractivity contribution in [3.8, 4) is 16.9 Å². The molecule has 7 aromatic rings. The first-order valence-corrected chi connectivity index (χ1v) is 14.4. The van der Waals surface area contributed by atoms with Gasteiger partial charge in [0, 0.05) is 27.8 Å². The number of benzene rings is 6. The maximum atomic E-state index is 9.12. The van der Waals surface area contributed by atoms with Crippen LogP contribution in [0.4, 0.5) is 5.69 Å². The number of nitrogens with one attached hydrogen (secondary N) is 2. The number of para-hydroxylation sites is 4. The van der Waals surface area contributed by atoms with E-state index in [2.05, 4.69) is 66.7 Å². The fourth-order valence-electron chi connectivity index (χ4n) is 7.04. The van der Waals surface area contributed by atoms with Crippen LogP contribution in [0, 0.1) is 31.1 Å². The number of nitrogens with zero attached hydrogens (tertiary/aromatic N) is 1. The van der Waals surface area contributed by atoms with E-state index in [4.69, 9.17) is 20.6 Å². The first kappa shape index (κ1) is 27.0. The molecule has 9 rings (SSSR count). The molecule has 44 heavy (non-hydrogen) atoms. The molecule has 0 amide bonds. The fraction of sp³-hybridized carbons (Fsp3) is 0.0526. The van der Waals surface area contributed by atoms with Crippen LogP contribution in [0.1, 0.15) is 22.6 Å². The molecule has 0 saturated heterocycles. The van der Waals surface area contributed by atoms with E-state index in [1.54, 1.807) is 0 Å². The van der Waals surface area contributed by atoms with E-state index in [9.17, 15) is 0 Å². The van der Waals surface area contributed by atoms with Gasteiger partial charge in [-0.25, -0.2) is 0 Å². The second-order valence-corrected chi connectivity index (χ2v) is 11.2. The molecule has 2 N–H and O–H groups in total. The van der Waals surface area contributed by atoms with Crippen LogP contribution in [0.25, 0.3) is 61.0 Å². The predicted molar refractivity (Wildman–Crippen MR) is 174 cm³/mol. The van der Waals surface area contributed by atoms with Crippen molar-refractivity contribution >= 4 is 44.1 Å². The molecule has 0 fully saturated rings. The summed E-state index contributed by atoms with van der Waals surface area (Å²) in [5.41, 5.74) is 25.8. The van der Waals surface area contributed by atoms with Crippen molar-refractivity contribution in [3.05, 3.63) is 161 Å². The van der Waals surface area contributed by atoms with Crippen molar-refractivity contribution in [3.63, 3.8) is 0 Å². The molecule has 0 aliphatic carbocycles. The van der Waals surface area contributed by atoms with Gasteiger partial charge in [-0.2, -0.15) is 0 Å². The van der Waals surface area contributed by atoms with Crippen LogP contribution < -0.4 is 9.64 Å². The monoisotopic (exact) mass is 793 g/mol. The van der Waals surface area contributed by atoms with Crippen LogP contribution in [0.2, 0.25) is 0 Å². The van der Waals surface area contributed by atoms with Gasteiger partial charge in [0.2, 0.25) is 0 Å². The average Bonchev–Trinajstić information content (AvgIpc) is 3.56. The molecule has 2 unspecified atom stereocenters. The molecule has 0 spiro atoms. The van der Waals surface area contributed by atoms with E-state index >= 15 is 0 Å². The number of rotatable bonds is 2. The van der Waals surface area contributed by atoms with E-state index < -0.39 is 6.23 Å². The summed E-state index contributed by atoms with van der Waals surface area (Å²) in [7, 11) is 0. The Kier molecular flexibility index (Phi) is 6.27. The Morgan fingerprint density at radius 3 is 2.11 bits per heavy atom. The molecule has 0 bridgehead atoms. The van der Waals surface area contributed by atoms with Crippen LogP contribution in [0.3, 0.4) is 0 Å². The smallest absolute Gasteiger partial charge is 0.698 e. The van der Waals surface area contributed by atoms with E-state index in [1.807, 2.05) is 65.6 Å². The third-order valence-electron chi connectivity index (χ3n) is 8.94. The third-order valence-corrected chi connectivity index (χ3v) is 8.94. The van der Waals surface area contributed by atoms with Crippen molar-refractivity contribution in [1.82, 2.24) is 0 Å². The summed E-state index contributed by atoms with van der Waals surface area (Å²) in [4.78, 5) is 1.89. The topological polar surface area (TPSA) is 73.2 Å². The average molecular weight is 794 g/mol. The van der Waals surface area contributed by atoms with Crippen LogP contribution in [-0.4, -0.2) is 6.23 Å². The predicted octanol–water partition coefficient (Wildman–Crippen LogP) is 10.5. The minimum Gasteiger partial charge on any atom is -0.698 e. The second-order valence-electron chi connectivity index (χ2n) is 11.2. The molecule has 6 heteroatoms. The van der Waals surface area contributed by atoms with Gasteiger partial charge >= 0.3 is 31.1 Å². The minimum absolute atomic E-state index is 0. The SMILES string of the molecule is [NH-]C1=C([NH-])N2c3ccccc3C(c3ccc(-c4cccc5c4oc4ccccc45)c4ccccc34)C2Oc2ccccc21.[U+2]. The van der Waals surface area contributed by atoms with Gasteiger partial charge in [0.05, 0.1) is 0 Å². The molecule has 6 aromatic carbocycles. The Labute approximate surface area is 278 Å². The first-order chi connectivity index (χ1) is 21.2. The number of anilines is 1. The number of fused-ring (bicyclic) bond motifs is 8. The summed E-state index contributed by atoms with van der Waals surface area (Å²) in [6.45, 7) is 0. The zero-order valence-electron chi connectivity index (χ0n) is 23.5. The van der Waals surface area contributed by atoms with E-state index in [-0.39, 0.29) is 48.5 Å². The summed E-state index contributed by atoms with van der Waals surface area (Å²) >= 11 is 0. The number of hydrogen-bond acceptors (Lipinski definition) is 3. The molecule has 2 aliphatic heterocycles. The maximum Gasteiger partial charge on any atom is 2.00 e. The third kappa shape index (κ3) is 3.78. The Hall–Kier alpha value is -4.63. The van der Waals surface area contributed by atoms with Crippen LogP contribution in [0.15, 0.2) is 138 Å². The van der Waals surface area contributed by atoms with Gasteiger partial charge in [-0.1, -0.05) is 121 Å². The van der Waals surface area contributed by atoms with Crippen LogP contribution >= 0.6 is 0 Å². The Balaban J connectivity index is 0.00000289. The zero-order valence-corrected chi connectivity index (χ0v) is 27.7. The molecular formula is C38H25N3O2U. The number of ether oxygens (including phenoxy) is 1. The number of hydrogen-bond donors (Lipinski definition) is 0. The summed E-state index contributed by atoms with van der Waals surface area (Å²) in [5, 5.41) is 4.47. The Morgan fingerprint density at radius 2 is 1.23 bits per heavy atom. The van der Waals surface area contributed by atoms with Crippen molar-refractivity contribution in [2.75, 3.05) is 4.90 Å². The molecule has 5 nitrogen and oxygen atoms in total. The molecule has 0 saturated carbocycles. The molecule has 208 valence electrons. The van der Waals surface area contributed by atoms with E-state index in [1.165, 1.54) is 0 Å². The molecule has 0 radical (unpaired) electrons. The molecule has 2 atom stereocenters. The maximum absolute atomic E-state index is 9.12. The van der Waals surface area contributed by atoms with Crippen molar-refractivity contribution in [2.24, 2.45) is 0 Å². The van der Waals surface area contributed by atoms with Crippen molar-refractivity contribution in [1.29, 1.82) is 0 Å². The van der Waals surface area contributed by atoms with E-state index in [0.717, 1.165) is 60.7 Å². The van der Waals surface area contributed by atoms with Gasteiger partial charge in [0.15, 0.2) is 0 Å². The van der Waals surface area contributed by atoms with Crippen LogP contribution in [0.5, 0.6) is 5.75 Å². The largest absolute Gasteiger partial charge is 2.00 e. The molecular weight excluding hydrogens is 768 g/mol. The summed E-state index contributed by atoms with van der Waals surface area (Å²) in [6, 6.07) is 43.2. The summed E-state index contributed by atoms with van der Waals surface area (Å²) in [5.74, 6) is 0.582. The van der Waals surface area contributed by atoms with Gasteiger partial charge in [0.1, 0.15) is 23.1 Å². The van der Waals surface area contributed by atoms with E-state index in [0.29, 0.717) is 11.3 Å². The second kappa shape index (κ2) is 10.2. The normalized spacial score (nSPS) is 17.1. The Bertz CT molecular complexity index is 2290. The Morgan fingerprint density at radius 1 is 0.545 bits per heavy atom. The van der Waals surface area contributed by atoms with Gasteiger partial charge in [-0.3, -0.25) is 0 Å². The minimum atomic E-state index is -0.512. The number of furan rings is 1. The van der Waals surface area contributed by atoms with Crippen LogP contribution in [-0.2, 0) is 0 Å².